The molecule has 0 saturated carbocycles. The van der Waals surface area contributed by atoms with Crippen LogP contribution >= 0.6 is 11.6 Å². The molecule has 5 heteroatoms. The summed E-state index contributed by atoms with van der Waals surface area (Å²) in [5, 5.41) is 0.666. The number of nitrogens with two attached hydrogens (primary N) is 2. The summed E-state index contributed by atoms with van der Waals surface area (Å²) >= 11 is 5.93. The van der Waals surface area contributed by atoms with Crippen molar-refractivity contribution >= 4 is 28.6 Å². The van der Waals surface area contributed by atoms with Crippen LogP contribution in [0.25, 0.3) is 11.0 Å². The Balaban J connectivity index is 2.97. The standard InChI is InChI=1S/C8H9ClN4/c1-4-5(9)2-3-6-7(4)13(11)8(10)12-6/h2-3H,11H2,1H3,(H2,10,12). The first-order valence-corrected chi connectivity index (χ1v) is 4.17. The highest BCUT2D eigenvalue weighted by Gasteiger charge is 2.09. The van der Waals surface area contributed by atoms with Crippen LogP contribution in [0, 0.1) is 6.92 Å². The second-order valence-corrected chi connectivity index (χ2v) is 3.29. The minimum absolute atomic E-state index is 0.292. The molecule has 68 valence electrons. The fraction of sp³-hybridized carbons (Fsp3) is 0.125. The van der Waals surface area contributed by atoms with E-state index in [1.54, 1.807) is 12.1 Å². The molecule has 1 aromatic heterocycles. The number of anilines is 1. The number of fused-ring (bicyclic) bond motifs is 1. The van der Waals surface area contributed by atoms with Crippen molar-refractivity contribution in [1.82, 2.24) is 9.66 Å². The highest BCUT2D eigenvalue weighted by molar-refractivity contribution is 6.32. The van der Waals surface area contributed by atoms with E-state index in [9.17, 15) is 0 Å². The van der Waals surface area contributed by atoms with Crippen molar-refractivity contribution < 1.29 is 0 Å². The van der Waals surface area contributed by atoms with E-state index in [0.717, 1.165) is 16.6 Å². The monoisotopic (exact) mass is 196 g/mol. The van der Waals surface area contributed by atoms with Crippen LogP contribution in [0.5, 0.6) is 0 Å². The van der Waals surface area contributed by atoms with Crippen LogP contribution in [0.4, 0.5) is 5.95 Å². The van der Waals surface area contributed by atoms with Gasteiger partial charge in [0.05, 0.1) is 11.0 Å². The Labute approximate surface area is 80.1 Å². The molecule has 0 fully saturated rings. The summed E-state index contributed by atoms with van der Waals surface area (Å²) in [6.07, 6.45) is 0. The fourth-order valence-electron chi connectivity index (χ4n) is 1.35. The quantitative estimate of drug-likeness (QED) is 0.624. The number of aromatic nitrogens is 2. The van der Waals surface area contributed by atoms with Crippen molar-refractivity contribution in [1.29, 1.82) is 0 Å². The van der Waals surface area contributed by atoms with Crippen LogP contribution in [-0.4, -0.2) is 9.66 Å². The SMILES string of the molecule is Cc1c(Cl)ccc2nc(N)n(N)c12. The molecule has 0 radical (unpaired) electrons. The van der Waals surface area contributed by atoms with Gasteiger partial charge in [0.15, 0.2) is 0 Å². The Morgan fingerprint density at radius 1 is 1.46 bits per heavy atom. The van der Waals surface area contributed by atoms with Gasteiger partial charge in [0, 0.05) is 5.02 Å². The zero-order valence-corrected chi connectivity index (χ0v) is 7.84. The molecule has 13 heavy (non-hydrogen) atoms. The third kappa shape index (κ3) is 1.02. The molecular weight excluding hydrogens is 188 g/mol. The molecule has 0 bridgehead atoms. The summed E-state index contributed by atoms with van der Waals surface area (Å²) in [6, 6.07) is 3.58. The van der Waals surface area contributed by atoms with Crippen LogP contribution in [0.15, 0.2) is 12.1 Å². The Hall–Kier alpha value is -1.42. The molecule has 4 nitrogen and oxygen atoms in total. The van der Waals surface area contributed by atoms with Gasteiger partial charge in [0.2, 0.25) is 5.95 Å². The van der Waals surface area contributed by atoms with E-state index in [2.05, 4.69) is 4.98 Å². The van der Waals surface area contributed by atoms with Gasteiger partial charge in [-0.1, -0.05) is 11.6 Å². The minimum atomic E-state index is 0.292. The van der Waals surface area contributed by atoms with Crippen molar-refractivity contribution in [2.24, 2.45) is 0 Å². The van der Waals surface area contributed by atoms with Crippen molar-refractivity contribution in [2.75, 3.05) is 11.6 Å². The molecule has 0 aliphatic rings. The van der Waals surface area contributed by atoms with Gasteiger partial charge in [-0.05, 0) is 24.6 Å². The van der Waals surface area contributed by atoms with Crippen LogP contribution < -0.4 is 11.6 Å². The third-order valence-electron chi connectivity index (χ3n) is 2.07. The normalized spacial score (nSPS) is 10.9. The van der Waals surface area contributed by atoms with Crippen molar-refractivity contribution in [3.63, 3.8) is 0 Å². The van der Waals surface area contributed by atoms with Crippen molar-refractivity contribution in [2.45, 2.75) is 6.92 Å². The molecule has 0 aliphatic heterocycles. The molecule has 2 aromatic rings. The van der Waals surface area contributed by atoms with Gasteiger partial charge in [-0.3, -0.25) is 0 Å². The molecule has 2 rings (SSSR count). The van der Waals surface area contributed by atoms with Gasteiger partial charge in [0.25, 0.3) is 0 Å². The number of hydrogen-bond donors (Lipinski definition) is 2. The Kier molecular flexibility index (Phi) is 1.60. The van der Waals surface area contributed by atoms with Gasteiger partial charge in [-0.25, -0.2) is 9.66 Å². The molecule has 1 heterocycles. The largest absolute Gasteiger partial charge is 0.368 e. The zero-order chi connectivity index (χ0) is 9.59. The average Bonchev–Trinajstić information content (AvgIpc) is 2.37. The van der Waals surface area contributed by atoms with Crippen LogP contribution in [0.2, 0.25) is 5.02 Å². The maximum Gasteiger partial charge on any atom is 0.220 e. The molecule has 1 aromatic carbocycles. The Morgan fingerprint density at radius 3 is 2.85 bits per heavy atom. The predicted molar refractivity (Wildman–Crippen MR) is 54.0 cm³/mol. The number of rotatable bonds is 0. The molecular formula is C8H9ClN4. The smallest absolute Gasteiger partial charge is 0.220 e. The predicted octanol–water partition coefficient (Wildman–Crippen LogP) is 1.29. The lowest BCUT2D eigenvalue weighted by Crippen LogP contribution is -2.12. The van der Waals surface area contributed by atoms with E-state index in [0.29, 0.717) is 11.0 Å². The summed E-state index contributed by atoms with van der Waals surface area (Å²) in [5.41, 5.74) is 8.00. The van der Waals surface area contributed by atoms with Gasteiger partial charge in [-0.15, -0.1) is 0 Å². The third-order valence-corrected chi connectivity index (χ3v) is 2.48. The number of aryl methyl sites for hydroxylation is 1. The molecule has 0 unspecified atom stereocenters. The van der Waals surface area contributed by atoms with Gasteiger partial charge in [-0.2, -0.15) is 0 Å². The molecule has 0 spiro atoms. The lowest BCUT2D eigenvalue weighted by molar-refractivity contribution is 1.05. The average molecular weight is 197 g/mol. The maximum atomic E-state index is 5.93. The number of halogens is 1. The first-order chi connectivity index (χ1) is 6.11. The first kappa shape index (κ1) is 8.19. The van der Waals surface area contributed by atoms with E-state index in [1.165, 1.54) is 4.68 Å². The Bertz CT molecular complexity index is 474. The molecule has 4 N–H and O–H groups in total. The summed E-state index contributed by atoms with van der Waals surface area (Å²) < 4.78 is 1.34. The minimum Gasteiger partial charge on any atom is -0.368 e. The second-order valence-electron chi connectivity index (χ2n) is 2.88. The van der Waals surface area contributed by atoms with Crippen molar-refractivity contribution in [3.05, 3.63) is 22.7 Å². The second kappa shape index (κ2) is 2.53. The zero-order valence-electron chi connectivity index (χ0n) is 7.08. The topological polar surface area (TPSA) is 69.9 Å². The number of nitrogen functional groups attached to an aromatic ring is 2. The summed E-state index contributed by atoms with van der Waals surface area (Å²) in [4.78, 5) is 4.07. The number of nitrogens with zero attached hydrogens (tertiary/aromatic N) is 2. The maximum absolute atomic E-state index is 5.93. The molecule has 0 amide bonds. The van der Waals surface area contributed by atoms with E-state index < -0.39 is 0 Å². The van der Waals surface area contributed by atoms with E-state index in [4.69, 9.17) is 23.2 Å². The molecule has 0 atom stereocenters. The summed E-state index contributed by atoms with van der Waals surface area (Å²) in [7, 11) is 0. The highest BCUT2D eigenvalue weighted by atomic mass is 35.5. The van der Waals surface area contributed by atoms with E-state index in [-0.39, 0.29) is 0 Å². The molecule has 0 saturated heterocycles. The number of benzene rings is 1. The van der Waals surface area contributed by atoms with Crippen LogP contribution in [0.3, 0.4) is 0 Å². The van der Waals surface area contributed by atoms with E-state index >= 15 is 0 Å². The van der Waals surface area contributed by atoms with Crippen LogP contribution in [-0.2, 0) is 0 Å². The number of imidazole rings is 1. The first-order valence-electron chi connectivity index (χ1n) is 3.79. The van der Waals surface area contributed by atoms with Crippen LogP contribution in [0.1, 0.15) is 5.56 Å². The van der Waals surface area contributed by atoms with Crippen molar-refractivity contribution in [3.8, 4) is 0 Å². The fourth-order valence-corrected chi connectivity index (χ4v) is 1.50. The van der Waals surface area contributed by atoms with Gasteiger partial charge < -0.3 is 11.6 Å². The van der Waals surface area contributed by atoms with Gasteiger partial charge in [0.1, 0.15) is 0 Å². The highest BCUT2D eigenvalue weighted by Crippen LogP contribution is 2.25. The van der Waals surface area contributed by atoms with E-state index in [1.807, 2.05) is 6.92 Å². The lowest BCUT2D eigenvalue weighted by Gasteiger charge is -2.01. The Morgan fingerprint density at radius 2 is 2.15 bits per heavy atom. The number of hydrogen-bond acceptors (Lipinski definition) is 3. The summed E-state index contributed by atoms with van der Waals surface area (Å²) in [6.45, 7) is 1.88. The van der Waals surface area contributed by atoms with Gasteiger partial charge >= 0.3 is 0 Å². The lowest BCUT2D eigenvalue weighted by atomic mass is 10.2. The molecule has 0 aliphatic carbocycles. The summed E-state index contributed by atoms with van der Waals surface area (Å²) in [5.74, 6) is 5.97.